The monoisotopic (exact) mass is 280 g/mol. The second kappa shape index (κ2) is 7.70. The average molecular weight is 280 g/mol. The number of anilines is 1. The van der Waals surface area contributed by atoms with E-state index < -0.39 is 0 Å². The zero-order valence-electron chi connectivity index (χ0n) is 11.7. The lowest BCUT2D eigenvalue weighted by atomic mass is 10.0. The van der Waals surface area contributed by atoms with Crippen LogP contribution in [0, 0.1) is 6.92 Å². The van der Waals surface area contributed by atoms with Gasteiger partial charge < -0.3 is 11.1 Å². The Balaban J connectivity index is 1.71. The summed E-state index contributed by atoms with van der Waals surface area (Å²) in [5, 5.41) is 4.25. The van der Waals surface area contributed by atoms with Gasteiger partial charge in [-0.15, -0.1) is 0 Å². The summed E-state index contributed by atoms with van der Waals surface area (Å²) in [6.07, 6.45) is 7.05. The summed E-state index contributed by atoms with van der Waals surface area (Å²) >= 11 is 2.10. The van der Waals surface area contributed by atoms with Crippen molar-refractivity contribution in [3.8, 4) is 0 Å². The lowest BCUT2D eigenvalue weighted by Crippen LogP contribution is -2.13. The molecule has 0 radical (unpaired) electrons. The Bertz CT molecular complexity index is 391. The first-order chi connectivity index (χ1) is 9.28. The highest BCUT2D eigenvalue weighted by atomic mass is 32.2. The van der Waals surface area contributed by atoms with Crippen molar-refractivity contribution in [2.24, 2.45) is 5.73 Å². The van der Waals surface area contributed by atoms with Gasteiger partial charge in [0, 0.05) is 30.2 Å². The number of thioether (sulfide) groups is 1. The fourth-order valence-electron chi connectivity index (χ4n) is 2.46. The molecule has 0 saturated heterocycles. The zero-order valence-corrected chi connectivity index (χ0v) is 12.5. The van der Waals surface area contributed by atoms with Crippen LogP contribution in [-0.2, 0) is 6.54 Å². The molecular formula is C14H24N4S. The molecule has 2 rings (SSSR count). The molecule has 4 nitrogen and oxygen atoms in total. The van der Waals surface area contributed by atoms with Gasteiger partial charge in [0.15, 0.2) is 0 Å². The lowest BCUT2D eigenvalue weighted by Gasteiger charge is -2.21. The number of rotatable bonds is 6. The SMILES string of the molecule is Cc1nc(CN)cc(NCCSC2CCCCC2)n1. The van der Waals surface area contributed by atoms with Gasteiger partial charge in [0.25, 0.3) is 0 Å². The lowest BCUT2D eigenvalue weighted by molar-refractivity contribution is 0.516. The summed E-state index contributed by atoms with van der Waals surface area (Å²) in [4.78, 5) is 8.65. The molecule has 3 N–H and O–H groups in total. The molecule has 0 atom stereocenters. The number of nitrogens with two attached hydrogens (primary N) is 1. The number of aromatic nitrogens is 2. The number of hydrogen-bond donors (Lipinski definition) is 2. The first-order valence-corrected chi connectivity index (χ1v) is 8.23. The van der Waals surface area contributed by atoms with Crippen LogP contribution in [0.3, 0.4) is 0 Å². The quantitative estimate of drug-likeness (QED) is 0.784. The normalized spacial score (nSPS) is 16.5. The molecule has 1 heterocycles. The standard InChI is InChI=1S/C14H24N4S/c1-11-17-12(10-15)9-14(18-11)16-7-8-19-13-5-3-2-4-6-13/h9,13H,2-8,10,15H2,1H3,(H,16,17,18). The van der Waals surface area contributed by atoms with Crippen molar-refractivity contribution < 1.29 is 0 Å². The van der Waals surface area contributed by atoms with E-state index in [0.29, 0.717) is 6.54 Å². The molecule has 1 aliphatic rings. The minimum atomic E-state index is 0.467. The van der Waals surface area contributed by atoms with Crippen LogP contribution in [0.2, 0.25) is 0 Å². The molecule has 1 aromatic rings. The Morgan fingerprint density at radius 1 is 1.32 bits per heavy atom. The van der Waals surface area contributed by atoms with Crippen LogP contribution < -0.4 is 11.1 Å². The average Bonchev–Trinajstić information content (AvgIpc) is 2.44. The molecule has 106 valence electrons. The summed E-state index contributed by atoms with van der Waals surface area (Å²) in [7, 11) is 0. The van der Waals surface area contributed by atoms with Crippen molar-refractivity contribution in [1.29, 1.82) is 0 Å². The van der Waals surface area contributed by atoms with Gasteiger partial charge in [0.2, 0.25) is 0 Å². The molecule has 1 aliphatic carbocycles. The van der Waals surface area contributed by atoms with Crippen LogP contribution in [0.5, 0.6) is 0 Å². The van der Waals surface area contributed by atoms with Crippen molar-refractivity contribution in [3.63, 3.8) is 0 Å². The maximum absolute atomic E-state index is 5.62. The maximum atomic E-state index is 5.62. The smallest absolute Gasteiger partial charge is 0.130 e. The Morgan fingerprint density at radius 2 is 2.11 bits per heavy atom. The maximum Gasteiger partial charge on any atom is 0.130 e. The van der Waals surface area contributed by atoms with Gasteiger partial charge >= 0.3 is 0 Å². The third-order valence-corrected chi connectivity index (χ3v) is 4.80. The largest absolute Gasteiger partial charge is 0.369 e. The fourth-order valence-corrected chi connectivity index (χ4v) is 3.68. The summed E-state index contributed by atoms with van der Waals surface area (Å²) in [6, 6.07) is 1.94. The molecule has 0 bridgehead atoms. The highest BCUT2D eigenvalue weighted by molar-refractivity contribution is 7.99. The number of nitrogens with one attached hydrogen (secondary N) is 1. The molecular weight excluding hydrogens is 256 g/mol. The van der Waals surface area contributed by atoms with E-state index in [9.17, 15) is 0 Å². The predicted molar refractivity (Wildman–Crippen MR) is 82.5 cm³/mol. The summed E-state index contributed by atoms with van der Waals surface area (Å²) in [6.45, 7) is 3.33. The van der Waals surface area contributed by atoms with Gasteiger partial charge in [0.05, 0.1) is 5.69 Å². The van der Waals surface area contributed by atoms with E-state index in [2.05, 4.69) is 27.0 Å². The van der Waals surface area contributed by atoms with Gasteiger partial charge in [0.1, 0.15) is 11.6 Å². The van der Waals surface area contributed by atoms with E-state index in [-0.39, 0.29) is 0 Å². The number of aryl methyl sites for hydroxylation is 1. The topological polar surface area (TPSA) is 63.8 Å². The first kappa shape index (κ1) is 14.6. The number of hydrogen-bond acceptors (Lipinski definition) is 5. The summed E-state index contributed by atoms with van der Waals surface area (Å²) < 4.78 is 0. The molecule has 1 saturated carbocycles. The first-order valence-electron chi connectivity index (χ1n) is 7.18. The Labute approximate surface area is 120 Å². The van der Waals surface area contributed by atoms with Gasteiger partial charge in [-0.05, 0) is 19.8 Å². The van der Waals surface area contributed by atoms with Gasteiger partial charge in [-0.2, -0.15) is 11.8 Å². The van der Waals surface area contributed by atoms with E-state index in [1.807, 2.05) is 13.0 Å². The van der Waals surface area contributed by atoms with Crippen LogP contribution in [0.1, 0.15) is 43.6 Å². The van der Waals surface area contributed by atoms with E-state index in [1.165, 1.54) is 32.1 Å². The van der Waals surface area contributed by atoms with Crippen LogP contribution in [0.15, 0.2) is 6.07 Å². The molecule has 1 aromatic heterocycles. The molecule has 0 aromatic carbocycles. The molecule has 1 fully saturated rings. The fraction of sp³-hybridized carbons (Fsp3) is 0.714. The molecule has 19 heavy (non-hydrogen) atoms. The Hall–Kier alpha value is -0.810. The van der Waals surface area contributed by atoms with E-state index >= 15 is 0 Å². The van der Waals surface area contributed by atoms with Crippen molar-refractivity contribution in [2.75, 3.05) is 17.6 Å². The third kappa shape index (κ3) is 4.99. The van der Waals surface area contributed by atoms with Crippen LogP contribution in [0.4, 0.5) is 5.82 Å². The Morgan fingerprint density at radius 3 is 2.84 bits per heavy atom. The molecule has 0 unspecified atom stereocenters. The zero-order chi connectivity index (χ0) is 13.5. The van der Waals surface area contributed by atoms with Crippen molar-refractivity contribution >= 4 is 17.6 Å². The molecule has 0 amide bonds. The van der Waals surface area contributed by atoms with Gasteiger partial charge in [-0.1, -0.05) is 19.3 Å². The predicted octanol–water partition coefficient (Wildman–Crippen LogP) is 2.72. The molecule has 0 spiro atoms. The van der Waals surface area contributed by atoms with E-state index in [1.54, 1.807) is 0 Å². The third-order valence-electron chi connectivity index (χ3n) is 3.41. The van der Waals surface area contributed by atoms with E-state index in [0.717, 1.165) is 34.9 Å². The van der Waals surface area contributed by atoms with Gasteiger partial charge in [-0.25, -0.2) is 9.97 Å². The highest BCUT2D eigenvalue weighted by Crippen LogP contribution is 2.27. The second-order valence-corrected chi connectivity index (χ2v) is 6.46. The van der Waals surface area contributed by atoms with Crippen molar-refractivity contribution in [3.05, 3.63) is 17.6 Å². The molecule has 5 heteroatoms. The number of nitrogens with zero attached hydrogens (tertiary/aromatic N) is 2. The van der Waals surface area contributed by atoms with Crippen LogP contribution in [-0.4, -0.2) is 27.5 Å². The molecule has 0 aliphatic heterocycles. The highest BCUT2D eigenvalue weighted by Gasteiger charge is 2.13. The summed E-state index contributed by atoms with van der Waals surface area (Å²) in [5.74, 6) is 2.83. The van der Waals surface area contributed by atoms with Crippen LogP contribution >= 0.6 is 11.8 Å². The van der Waals surface area contributed by atoms with Gasteiger partial charge in [-0.3, -0.25) is 0 Å². The minimum Gasteiger partial charge on any atom is -0.369 e. The summed E-state index contributed by atoms with van der Waals surface area (Å²) in [5.41, 5.74) is 6.52. The van der Waals surface area contributed by atoms with E-state index in [4.69, 9.17) is 5.73 Å². The van der Waals surface area contributed by atoms with Crippen LogP contribution in [0.25, 0.3) is 0 Å². The van der Waals surface area contributed by atoms with Crippen molar-refractivity contribution in [1.82, 2.24) is 9.97 Å². The second-order valence-electron chi connectivity index (χ2n) is 5.05. The Kier molecular flexibility index (Phi) is 5.92. The minimum absolute atomic E-state index is 0.467. The van der Waals surface area contributed by atoms with Crippen molar-refractivity contribution in [2.45, 2.75) is 50.8 Å².